The van der Waals surface area contributed by atoms with Crippen molar-refractivity contribution >= 4 is 23.1 Å². The van der Waals surface area contributed by atoms with Crippen molar-refractivity contribution in [3.8, 4) is 0 Å². The van der Waals surface area contributed by atoms with Gasteiger partial charge in [0.1, 0.15) is 18.0 Å². The van der Waals surface area contributed by atoms with Crippen molar-refractivity contribution in [1.82, 2.24) is 9.97 Å². The number of para-hydroxylation sites is 1. The molecule has 0 bridgehead atoms. The van der Waals surface area contributed by atoms with Gasteiger partial charge in [0.15, 0.2) is 5.78 Å². The Morgan fingerprint density at radius 2 is 2.00 bits per heavy atom. The van der Waals surface area contributed by atoms with Gasteiger partial charge < -0.3 is 10.2 Å². The van der Waals surface area contributed by atoms with E-state index in [0.717, 1.165) is 23.9 Å². The Morgan fingerprint density at radius 3 is 2.74 bits per heavy atom. The number of benzene rings is 1. The first-order valence-electron chi connectivity index (χ1n) is 6.22. The highest BCUT2D eigenvalue weighted by Gasteiger charge is 2.20. The second-order valence-electron chi connectivity index (χ2n) is 4.46. The molecule has 2 aromatic rings. The van der Waals surface area contributed by atoms with Crippen LogP contribution < -0.4 is 10.2 Å². The lowest BCUT2D eigenvalue weighted by molar-refractivity contribution is -0.116. The number of rotatable bonds is 3. The molecule has 1 aromatic heterocycles. The molecule has 1 saturated heterocycles. The number of aromatic nitrogens is 2. The smallest absolute Gasteiger partial charge is 0.153 e. The van der Waals surface area contributed by atoms with Crippen LogP contribution in [0.15, 0.2) is 42.7 Å². The molecule has 0 radical (unpaired) electrons. The third kappa shape index (κ3) is 2.70. The molecule has 0 unspecified atom stereocenters. The van der Waals surface area contributed by atoms with Gasteiger partial charge in [0.2, 0.25) is 0 Å². The lowest BCUT2D eigenvalue weighted by atomic mass is 10.3. The van der Waals surface area contributed by atoms with Crippen LogP contribution in [0.3, 0.4) is 0 Å². The van der Waals surface area contributed by atoms with Crippen molar-refractivity contribution in [2.75, 3.05) is 23.3 Å². The number of ketones is 1. The average molecular weight is 254 g/mol. The SMILES string of the molecule is O=C1CCN(c2cc(Nc3ccccc3)ncn2)C1. The lowest BCUT2D eigenvalue weighted by Crippen LogP contribution is -2.20. The summed E-state index contributed by atoms with van der Waals surface area (Å²) in [6.45, 7) is 1.18. The first-order chi connectivity index (χ1) is 9.31. The number of anilines is 3. The van der Waals surface area contributed by atoms with Gasteiger partial charge in [0, 0.05) is 24.7 Å². The number of carbonyl (C=O) groups excluding carboxylic acids is 1. The average Bonchev–Trinajstić information content (AvgIpc) is 2.87. The molecule has 0 saturated carbocycles. The van der Waals surface area contributed by atoms with Crippen molar-refractivity contribution in [3.63, 3.8) is 0 Å². The van der Waals surface area contributed by atoms with Crippen LogP contribution in [0.2, 0.25) is 0 Å². The Labute approximate surface area is 111 Å². The molecule has 1 aromatic carbocycles. The van der Waals surface area contributed by atoms with Crippen LogP contribution in [-0.2, 0) is 4.79 Å². The molecule has 1 fully saturated rings. The second-order valence-corrected chi connectivity index (χ2v) is 4.46. The van der Waals surface area contributed by atoms with E-state index >= 15 is 0 Å². The standard InChI is InChI=1S/C14H14N4O/c19-12-6-7-18(9-12)14-8-13(15-10-16-14)17-11-4-2-1-3-5-11/h1-5,8,10H,6-7,9H2,(H,15,16,17). The van der Waals surface area contributed by atoms with Gasteiger partial charge in [-0.2, -0.15) is 0 Å². The lowest BCUT2D eigenvalue weighted by Gasteiger charge is -2.15. The molecule has 1 N–H and O–H groups in total. The summed E-state index contributed by atoms with van der Waals surface area (Å²) >= 11 is 0. The molecule has 5 nitrogen and oxygen atoms in total. The molecule has 5 heteroatoms. The highest BCUT2D eigenvalue weighted by atomic mass is 16.1. The van der Waals surface area contributed by atoms with Crippen molar-refractivity contribution in [2.24, 2.45) is 0 Å². The van der Waals surface area contributed by atoms with Crippen LogP contribution in [0, 0.1) is 0 Å². The monoisotopic (exact) mass is 254 g/mol. The van der Waals surface area contributed by atoms with Crippen LogP contribution in [-0.4, -0.2) is 28.8 Å². The molecule has 0 aliphatic carbocycles. The van der Waals surface area contributed by atoms with E-state index < -0.39 is 0 Å². The predicted octanol–water partition coefficient (Wildman–Crippen LogP) is 2.00. The number of Topliss-reactive ketones (excluding diaryl/α,β-unsaturated/α-hetero) is 1. The molecular formula is C14H14N4O. The first kappa shape index (κ1) is 11.6. The summed E-state index contributed by atoms with van der Waals surface area (Å²) < 4.78 is 0. The zero-order valence-electron chi connectivity index (χ0n) is 10.4. The normalized spacial score (nSPS) is 14.7. The van der Waals surface area contributed by atoms with Crippen molar-refractivity contribution < 1.29 is 4.79 Å². The number of nitrogens with one attached hydrogen (secondary N) is 1. The largest absolute Gasteiger partial charge is 0.349 e. The molecule has 0 spiro atoms. The first-order valence-corrected chi connectivity index (χ1v) is 6.22. The van der Waals surface area contributed by atoms with Gasteiger partial charge in [-0.1, -0.05) is 18.2 Å². The van der Waals surface area contributed by atoms with Crippen LogP contribution in [0.1, 0.15) is 6.42 Å². The van der Waals surface area contributed by atoms with Gasteiger partial charge in [-0.05, 0) is 12.1 Å². The third-order valence-electron chi connectivity index (χ3n) is 3.05. The number of nitrogens with zero attached hydrogens (tertiary/aromatic N) is 3. The summed E-state index contributed by atoms with van der Waals surface area (Å²) in [6.07, 6.45) is 2.12. The van der Waals surface area contributed by atoms with E-state index in [1.54, 1.807) is 0 Å². The molecule has 19 heavy (non-hydrogen) atoms. The molecule has 96 valence electrons. The van der Waals surface area contributed by atoms with Crippen molar-refractivity contribution in [3.05, 3.63) is 42.7 Å². The van der Waals surface area contributed by atoms with Crippen molar-refractivity contribution in [1.29, 1.82) is 0 Å². The van der Waals surface area contributed by atoms with Crippen LogP contribution >= 0.6 is 0 Å². The van der Waals surface area contributed by atoms with E-state index in [4.69, 9.17) is 0 Å². The molecule has 2 heterocycles. The van der Waals surface area contributed by atoms with Crippen LogP contribution in [0.25, 0.3) is 0 Å². The predicted molar refractivity (Wildman–Crippen MR) is 73.6 cm³/mol. The Bertz CT molecular complexity index is 585. The highest BCUT2D eigenvalue weighted by molar-refractivity contribution is 5.86. The van der Waals surface area contributed by atoms with Crippen LogP contribution in [0.5, 0.6) is 0 Å². The number of hydrogen-bond donors (Lipinski definition) is 1. The maximum atomic E-state index is 11.3. The molecule has 0 amide bonds. The molecule has 1 aliphatic heterocycles. The molecule has 3 rings (SSSR count). The summed E-state index contributed by atoms with van der Waals surface area (Å²) in [5.41, 5.74) is 0.977. The van der Waals surface area contributed by atoms with E-state index in [1.807, 2.05) is 41.3 Å². The Morgan fingerprint density at radius 1 is 1.16 bits per heavy atom. The van der Waals surface area contributed by atoms with Crippen molar-refractivity contribution in [2.45, 2.75) is 6.42 Å². The fourth-order valence-corrected chi connectivity index (χ4v) is 2.08. The van der Waals surface area contributed by atoms with Gasteiger partial charge in [0.25, 0.3) is 0 Å². The van der Waals surface area contributed by atoms with Gasteiger partial charge in [0.05, 0.1) is 6.54 Å². The minimum absolute atomic E-state index is 0.260. The summed E-state index contributed by atoms with van der Waals surface area (Å²) in [7, 11) is 0. The quantitative estimate of drug-likeness (QED) is 0.907. The molecular weight excluding hydrogens is 240 g/mol. The molecule has 1 aliphatic rings. The van der Waals surface area contributed by atoms with Gasteiger partial charge in [-0.15, -0.1) is 0 Å². The number of hydrogen-bond acceptors (Lipinski definition) is 5. The fraction of sp³-hybridized carbons (Fsp3) is 0.214. The zero-order valence-corrected chi connectivity index (χ0v) is 10.4. The Balaban J connectivity index is 1.78. The zero-order chi connectivity index (χ0) is 13.1. The Kier molecular flexibility index (Phi) is 3.10. The van der Waals surface area contributed by atoms with E-state index in [1.165, 1.54) is 6.33 Å². The minimum Gasteiger partial charge on any atom is -0.349 e. The van der Waals surface area contributed by atoms with Gasteiger partial charge >= 0.3 is 0 Å². The second kappa shape index (κ2) is 5.06. The highest BCUT2D eigenvalue weighted by Crippen LogP contribution is 2.20. The Hall–Kier alpha value is -2.43. The van der Waals surface area contributed by atoms with E-state index in [2.05, 4.69) is 15.3 Å². The van der Waals surface area contributed by atoms with Crippen LogP contribution in [0.4, 0.5) is 17.3 Å². The van der Waals surface area contributed by atoms with Gasteiger partial charge in [-0.3, -0.25) is 4.79 Å². The number of carbonyl (C=O) groups is 1. The van der Waals surface area contributed by atoms with Gasteiger partial charge in [-0.25, -0.2) is 9.97 Å². The maximum Gasteiger partial charge on any atom is 0.153 e. The fourth-order valence-electron chi connectivity index (χ4n) is 2.08. The topological polar surface area (TPSA) is 58.1 Å². The van der Waals surface area contributed by atoms with E-state index in [9.17, 15) is 4.79 Å². The van der Waals surface area contributed by atoms with E-state index in [0.29, 0.717) is 13.0 Å². The summed E-state index contributed by atoms with van der Waals surface area (Å²) in [4.78, 5) is 21.7. The maximum absolute atomic E-state index is 11.3. The van der Waals surface area contributed by atoms with E-state index in [-0.39, 0.29) is 5.78 Å². The summed E-state index contributed by atoms with van der Waals surface area (Å²) in [5.74, 6) is 1.78. The summed E-state index contributed by atoms with van der Waals surface area (Å²) in [6, 6.07) is 11.7. The molecule has 0 atom stereocenters. The summed E-state index contributed by atoms with van der Waals surface area (Å²) in [5, 5.41) is 3.22. The minimum atomic E-state index is 0.260. The third-order valence-corrected chi connectivity index (χ3v) is 3.05.